The monoisotopic (exact) mass is 273 g/mol. The largest absolute Gasteiger partial charge is 0.481 e. The first kappa shape index (κ1) is 12.2. The maximum atomic E-state index is 12.3. The molecule has 7 nitrogen and oxygen atoms in total. The maximum absolute atomic E-state index is 12.3. The van der Waals surface area contributed by atoms with Crippen LogP contribution in [0.3, 0.4) is 0 Å². The zero-order chi connectivity index (χ0) is 14.3. The molecule has 0 aliphatic heterocycles. The summed E-state index contributed by atoms with van der Waals surface area (Å²) in [5.41, 5.74) is 1.21. The van der Waals surface area contributed by atoms with Crippen molar-refractivity contribution < 1.29 is 14.3 Å². The number of carboxylic acid groups (broad SMARTS) is 1. The molecule has 20 heavy (non-hydrogen) atoms. The number of aromatic nitrogens is 3. The molecule has 2 N–H and O–H groups in total. The molecule has 0 unspecified atom stereocenters. The van der Waals surface area contributed by atoms with E-state index in [1.54, 1.807) is 25.1 Å². The summed E-state index contributed by atoms with van der Waals surface area (Å²) in [6.07, 6.45) is 1.17. The van der Waals surface area contributed by atoms with Crippen LogP contribution >= 0.6 is 0 Å². The minimum Gasteiger partial charge on any atom is -0.481 e. The summed E-state index contributed by atoms with van der Waals surface area (Å²) < 4.78 is 6.47. The number of carbonyl (C=O) groups is 1. The Balaban J connectivity index is 2.22. The Morgan fingerprint density at radius 1 is 1.55 bits per heavy atom. The van der Waals surface area contributed by atoms with Crippen LogP contribution in [0.15, 0.2) is 33.7 Å². The first-order chi connectivity index (χ1) is 9.56. The molecule has 3 heterocycles. The fourth-order valence-corrected chi connectivity index (χ4v) is 2.08. The van der Waals surface area contributed by atoms with Crippen molar-refractivity contribution >= 4 is 11.6 Å². The van der Waals surface area contributed by atoms with Gasteiger partial charge < -0.3 is 9.52 Å². The number of furan rings is 1. The Morgan fingerprint density at radius 3 is 3.00 bits per heavy atom. The lowest BCUT2D eigenvalue weighted by Gasteiger charge is -2.02. The van der Waals surface area contributed by atoms with Gasteiger partial charge >= 0.3 is 5.97 Å². The number of carboxylic acids is 1. The van der Waals surface area contributed by atoms with Gasteiger partial charge in [-0.3, -0.25) is 14.7 Å². The number of aliphatic carboxylic acids is 1. The molecular weight excluding hydrogens is 262 g/mol. The second-order valence-corrected chi connectivity index (χ2v) is 4.39. The van der Waals surface area contributed by atoms with Crippen LogP contribution in [-0.4, -0.2) is 25.7 Å². The standard InChI is InChI=1S/C13H11N3O4/c1-7-8(5-12(17)18)13(19)16-11(14-7)6-9(15-16)10-3-2-4-20-10/h2-4,6,15H,5H2,1H3,(H,17,18). The van der Waals surface area contributed by atoms with Crippen molar-refractivity contribution in [1.82, 2.24) is 14.6 Å². The van der Waals surface area contributed by atoms with Crippen LogP contribution in [0.4, 0.5) is 0 Å². The smallest absolute Gasteiger partial charge is 0.308 e. The van der Waals surface area contributed by atoms with Crippen LogP contribution in [0.2, 0.25) is 0 Å². The minimum atomic E-state index is -1.07. The van der Waals surface area contributed by atoms with E-state index in [9.17, 15) is 9.59 Å². The first-order valence-corrected chi connectivity index (χ1v) is 5.93. The maximum Gasteiger partial charge on any atom is 0.308 e. The Bertz CT molecular complexity index is 842. The second-order valence-electron chi connectivity index (χ2n) is 4.39. The number of nitrogens with one attached hydrogen (secondary N) is 1. The molecular formula is C13H11N3O4. The van der Waals surface area contributed by atoms with E-state index in [1.165, 1.54) is 10.8 Å². The van der Waals surface area contributed by atoms with Gasteiger partial charge in [0.05, 0.1) is 18.2 Å². The average Bonchev–Trinajstić information content (AvgIpc) is 3.01. The lowest BCUT2D eigenvalue weighted by molar-refractivity contribution is -0.136. The third-order valence-electron chi connectivity index (χ3n) is 3.03. The molecule has 0 fully saturated rings. The van der Waals surface area contributed by atoms with Crippen LogP contribution in [0.25, 0.3) is 17.1 Å². The molecule has 3 rings (SSSR count). The summed E-state index contributed by atoms with van der Waals surface area (Å²) >= 11 is 0. The van der Waals surface area contributed by atoms with Gasteiger partial charge in [0.1, 0.15) is 5.69 Å². The molecule has 3 aromatic heterocycles. The third kappa shape index (κ3) is 1.89. The van der Waals surface area contributed by atoms with E-state index in [2.05, 4.69) is 10.1 Å². The van der Waals surface area contributed by atoms with Gasteiger partial charge in [-0.15, -0.1) is 0 Å². The first-order valence-electron chi connectivity index (χ1n) is 5.93. The zero-order valence-electron chi connectivity index (χ0n) is 10.6. The minimum absolute atomic E-state index is 0.169. The number of hydrogen-bond donors (Lipinski definition) is 2. The molecule has 0 spiro atoms. The van der Waals surface area contributed by atoms with Crippen LogP contribution in [-0.2, 0) is 11.2 Å². The van der Waals surface area contributed by atoms with Gasteiger partial charge in [-0.2, -0.15) is 0 Å². The quantitative estimate of drug-likeness (QED) is 0.747. The van der Waals surface area contributed by atoms with Crippen molar-refractivity contribution in [2.24, 2.45) is 0 Å². The molecule has 0 bridgehead atoms. The molecule has 0 saturated heterocycles. The highest BCUT2D eigenvalue weighted by Crippen LogP contribution is 2.19. The molecule has 7 heteroatoms. The zero-order valence-corrected chi connectivity index (χ0v) is 10.6. The van der Waals surface area contributed by atoms with Crippen LogP contribution in [0, 0.1) is 6.92 Å². The predicted octanol–water partition coefficient (Wildman–Crippen LogP) is 1.22. The molecule has 0 aliphatic rings. The highest BCUT2D eigenvalue weighted by molar-refractivity contribution is 5.70. The normalized spacial score (nSPS) is 11.1. The summed E-state index contributed by atoms with van der Waals surface area (Å²) in [6, 6.07) is 5.16. The van der Waals surface area contributed by atoms with Gasteiger partial charge in [-0.1, -0.05) is 0 Å². The van der Waals surface area contributed by atoms with E-state index >= 15 is 0 Å². The molecule has 102 valence electrons. The van der Waals surface area contributed by atoms with E-state index in [-0.39, 0.29) is 12.0 Å². The van der Waals surface area contributed by atoms with Gasteiger partial charge in [0, 0.05) is 11.8 Å². The number of fused-ring (bicyclic) bond motifs is 1. The Labute approximate surface area is 112 Å². The molecule has 3 aromatic rings. The predicted molar refractivity (Wildman–Crippen MR) is 69.6 cm³/mol. The van der Waals surface area contributed by atoms with Gasteiger partial charge in [-0.25, -0.2) is 9.50 Å². The average molecular weight is 273 g/mol. The number of nitrogens with zero attached hydrogens (tertiary/aromatic N) is 2. The van der Waals surface area contributed by atoms with Gasteiger partial charge in [0.2, 0.25) is 0 Å². The Morgan fingerprint density at radius 2 is 2.35 bits per heavy atom. The summed E-state index contributed by atoms with van der Waals surface area (Å²) in [5.74, 6) is -0.489. The van der Waals surface area contributed by atoms with Crippen molar-refractivity contribution in [3.8, 4) is 11.5 Å². The van der Waals surface area contributed by atoms with Crippen molar-refractivity contribution in [2.45, 2.75) is 13.3 Å². The lowest BCUT2D eigenvalue weighted by Crippen LogP contribution is -2.23. The molecule has 0 atom stereocenters. The van der Waals surface area contributed by atoms with Gasteiger partial charge in [0.15, 0.2) is 11.4 Å². The highest BCUT2D eigenvalue weighted by atomic mass is 16.4. The SMILES string of the molecule is Cc1nc2cc(-c3ccco3)[nH]n2c(=O)c1CC(=O)O. The van der Waals surface area contributed by atoms with Crippen molar-refractivity contribution in [3.63, 3.8) is 0 Å². The molecule has 0 saturated carbocycles. The van der Waals surface area contributed by atoms with Crippen molar-refractivity contribution in [1.29, 1.82) is 0 Å². The van der Waals surface area contributed by atoms with Crippen molar-refractivity contribution in [3.05, 3.63) is 46.1 Å². The highest BCUT2D eigenvalue weighted by Gasteiger charge is 2.15. The van der Waals surface area contributed by atoms with E-state index in [0.717, 1.165) is 0 Å². The summed E-state index contributed by atoms with van der Waals surface area (Å²) in [5, 5.41) is 11.7. The molecule has 0 amide bonds. The summed E-state index contributed by atoms with van der Waals surface area (Å²) in [4.78, 5) is 27.3. The second kappa shape index (κ2) is 4.37. The lowest BCUT2D eigenvalue weighted by atomic mass is 10.2. The summed E-state index contributed by atoms with van der Waals surface area (Å²) in [6.45, 7) is 1.62. The summed E-state index contributed by atoms with van der Waals surface area (Å²) in [7, 11) is 0. The van der Waals surface area contributed by atoms with E-state index in [1.807, 2.05) is 0 Å². The number of aromatic amines is 1. The van der Waals surface area contributed by atoms with Crippen LogP contribution < -0.4 is 5.56 Å². The fourth-order valence-electron chi connectivity index (χ4n) is 2.08. The van der Waals surface area contributed by atoms with Crippen molar-refractivity contribution in [2.75, 3.05) is 0 Å². The molecule has 0 aliphatic carbocycles. The fraction of sp³-hybridized carbons (Fsp3) is 0.154. The van der Waals surface area contributed by atoms with Crippen LogP contribution in [0.1, 0.15) is 11.3 Å². The molecule has 0 radical (unpaired) electrons. The molecule has 0 aromatic carbocycles. The topological polar surface area (TPSA) is 101 Å². The van der Waals surface area contributed by atoms with E-state index in [4.69, 9.17) is 9.52 Å². The number of hydrogen-bond acceptors (Lipinski definition) is 4. The van der Waals surface area contributed by atoms with E-state index < -0.39 is 11.5 Å². The van der Waals surface area contributed by atoms with Crippen LogP contribution in [0.5, 0.6) is 0 Å². The number of H-pyrrole nitrogens is 1. The number of aryl methyl sites for hydroxylation is 1. The third-order valence-corrected chi connectivity index (χ3v) is 3.03. The van der Waals surface area contributed by atoms with Gasteiger partial charge in [0.25, 0.3) is 5.56 Å². The Hall–Kier alpha value is -2.83. The Kier molecular flexibility index (Phi) is 2.67. The number of rotatable bonds is 3. The van der Waals surface area contributed by atoms with Gasteiger partial charge in [-0.05, 0) is 19.1 Å². The van der Waals surface area contributed by atoms with E-state index in [0.29, 0.717) is 22.8 Å².